The Morgan fingerprint density at radius 3 is 3.17 bits per heavy atom. The van der Waals surface area contributed by atoms with Gasteiger partial charge in [-0.1, -0.05) is 0 Å². The second kappa shape index (κ2) is 3.07. The fourth-order valence-corrected chi connectivity index (χ4v) is 2.39. The van der Waals surface area contributed by atoms with Crippen LogP contribution in [0.15, 0.2) is 23.1 Å². The Kier molecular flexibility index (Phi) is 2.07. The highest BCUT2D eigenvalue weighted by Crippen LogP contribution is 2.29. The molecule has 1 aliphatic rings. The molecule has 1 aliphatic heterocycles. The van der Waals surface area contributed by atoms with Crippen LogP contribution in [0.5, 0.6) is 0 Å². The van der Waals surface area contributed by atoms with E-state index < -0.39 is 0 Å². The van der Waals surface area contributed by atoms with Gasteiger partial charge in [-0.3, -0.25) is 0 Å². The van der Waals surface area contributed by atoms with Crippen LogP contribution in [-0.2, 0) is 6.42 Å². The van der Waals surface area contributed by atoms with Crippen molar-refractivity contribution in [1.82, 2.24) is 0 Å². The minimum atomic E-state index is -0.163. The summed E-state index contributed by atoms with van der Waals surface area (Å²) >= 11 is 1.71. The summed E-state index contributed by atoms with van der Waals surface area (Å²) in [6.45, 7) is 0. The third-order valence-electron chi connectivity index (χ3n) is 1.96. The molecular weight excluding hydrogens is 173 g/mol. The Bertz CT molecular complexity index is 301. The number of benzene rings is 1. The lowest BCUT2D eigenvalue weighted by atomic mass is 10.1. The Morgan fingerprint density at radius 2 is 2.33 bits per heavy atom. The van der Waals surface area contributed by atoms with Gasteiger partial charge in [-0.05, 0) is 30.2 Å². The topological polar surface area (TPSA) is 26.0 Å². The van der Waals surface area contributed by atoms with Crippen LogP contribution in [-0.4, -0.2) is 11.8 Å². The minimum Gasteiger partial charge on any atom is -0.327 e. The molecule has 1 aromatic rings. The van der Waals surface area contributed by atoms with Crippen molar-refractivity contribution >= 4 is 11.8 Å². The first-order valence-corrected chi connectivity index (χ1v) is 4.91. The summed E-state index contributed by atoms with van der Waals surface area (Å²) in [5.41, 5.74) is 6.81. The average Bonchev–Trinajstić information content (AvgIpc) is 2.03. The van der Waals surface area contributed by atoms with Gasteiger partial charge in [0.15, 0.2) is 0 Å². The molecule has 0 fully saturated rings. The third kappa shape index (κ3) is 1.47. The molecule has 0 unspecified atom stereocenters. The second-order valence-electron chi connectivity index (χ2n) is 3.03. The summed E-state index contributed by atoms with van der Waals surface area (Å²) in [6.07, 6.45) is 0.806. The molecule has 0 aliphatic carbocycles. The molecule has 0 saturated carbocycles. The third-order valence-corrected chi connectivity index (χ3v) is 3.26. The first kappa shape index (κ1) is 8.08. The number of thioether (sulfide) groups is 1. The maximum atomic E-state index is 12.8. The molecule has 3 heteroatoms. The lowest BCUT2D eigenvalue weighted by Gasteiger charge is -2.20. The first-order valence-electron chi connectivity index (χ1n) is 3.92. The standard InChI is InChI=1S/C9H10FNS/c10-7-1-2-9-6(3-7)4-8(11)5-12-9/h1-3,8H,4-5,11H2/t8-/m1/s1. The molecule has 0 amide bonds. The van der Waals surface area contributed by atoms with Crippen LogP contribution in [0.1, 0.15) is 5.56 Å². The number of fused-ring (bicyclic) bond motifs is 1. The first-order chi connectivity index (χ1) is 5.75. The van der Waals surface area contributed by atoms with E-state index in [2.05, 4.69) is 0 Å². The molecule has 2 N–H and O–H groups in total. The molecule has 1 nitrogen and oxygen atoms in total. The van der Waals surface area contributed by atoms with E-state index in [4.69, 9.17) is 5.73 Å². The van der Waals surface area contributed by atoms with Gasteiger partial charge in [0.2, 0.25) is 0 Å². The quantitative estimate of drug-likeness (QED) is 0.663. The predicted molar refractivity (Wildman–Crippen MR) is 48.8 cm³/mol. The molecule has 0 radical (unpaired) electrons. The molecule has 2 rings (SSSR count). The molecular formula is C9H10FNS. The van der Waals surface area contributed by atoms with Gasteiger partial charge in [0.25, 0.3) is 0 Å². The van der Waals surface area contributed by atoms with Crippen molar-refractivity contribution in [2.45, 2.75) is 17.4 Å². The van der Waals surface area contributed by atoms with Crippen molar-refractivity contribution < 1.29 is 4.39 Å². The monoisotopic (exact) mass is 183 g/mol. The number of hydrogen-bond donors (Lipinski definition) is 1. The smallest absolute Gasteiger partial charge is 0.123 e. The van der Waals surface area contributed by atoms with Crippen LogP contribution in [0.4, 0.5) is 4.39 Å². The highest BCUT2D eigenvalue weighted by atomic mass is 32.2. The predicted octanol–water partition coefficient (Wildman–Crippen LogP) is 1.80. The Balaban J connectivity index is 2.37. The maximum Gasteiger partial charge on any atom is 0.123 e. The van der Waals surface area contributed by atoms with Crippen molar-refractivity contribution in [2.75, 3.05) is 5.75 Å². The van der Waals surface area contributed by atoms with E-state index in [0.29, 0.717) is 0 Å². The molecule has 0 spiro atoms. The fourth-order valence-electron chi connectivity index (χ4n) is 1.39. The summed E-state index contributed by atoms with van der Waals surface area (Å²) in [4.78, 5) is 1.18. The van der Waals surface area contributed by atoms with Crippen molar-refractivity contribution in [3.05, 3.63) is 29.6 Å². The van der Waals surface area contributed by atoms with Gasteiger partial charge in [0, 0.05) is 16.7 Å². The van der Waals surface area contributed by atoms with Gasteiger partial charge in [0.05, 0.1) is 0 Å². The highest BCUT2D eigenvalue weighted by molar-refractivity contribution is 7.99. The van der Waals surface area contributed by atoms with Crippen LogP contribution in [0.25, 0.3) is 0 Å². The van der Waals surface area contributed by atoms with Gasteiger partial charge in [-0.2, -0.15) is 0 Å². The zero-order chi connectivity index (χ0) is 8.55. The molecule has 1 atom stereocenters. The summed E-state index contributed by atoms with van der Waals surface area (Å²) in [7, 11) is 0. The van der Waals surface area contributed by atoms with Crippen molar-refractivity contribution in [1.29, 1.82) is 0 Å². The number of nitrogens with two attached hydrogens (primary N) is 1. The van der Waals surface area contributed by atoms with Crippen LogP contribution in [0, 0.1) is 5.82 Å². The van der Waals surface area contributed by atoms with Crippen LogP contribution >= 0.6 is 11.8 Å². The Hall–Kier alpha value is -0.540. The average molecular weight is 183 g/mol. The van der Waals surface area contributed by atoms with Crippen molar-refractivity contribution in [3.8, 4) is 0 Å². The maximum absolute atomic E-state index is 12.8. The highest BCUT2D eigenvalue weighted by Gasteiger charge is 2.15. The Labute approximate surface area is 75.1 Å². The van der Waals surface area contributed by atoms with E-state index in [-0.39, 0.29) is 11.9 Å². The SMILES string of the molecule is N[C@H]1CSc2ccc(F)cc2C1. The summed E-state index contributed by atoms with van der Waals surface area (Å²) in [5, 5.41) is 0. The molecule has 0 bridgehead atoms. The Morgan fingerprint density at radius 1 is 1.50 bits per heavy atom. The van der Waals surface area contributed by atoms with E-state index >= 15 is 0 Å². The van der Waals surface area contributed by atoms with Gasteiger partial charge in [-0.15, -0.1) is 11.8 Å². The van der Waals surface area contributed by atoms with Crippen molar-refractivity contribution in [2.24, 2.45) is 5.73 Å². The van der Waals surface area contributed by atoms with E-state index in [1.54, 1.807) is 17.8 Å². The zero-order valence-electron chi connectivity index (χ0n) is 6.59. The summed E-state index contributed by atoms with van der Waals surface area (Å²) in [6, 6.07) is 5.11. The number of hydrogen-bond acceptors (Lipinski definition) is 2. The van der Waals surface area contributed by atoms with E-state index in [0.717, 1.165) is 17.7 Å². The summed E-state index contributed by atoms with van der Waals surface area (Å²) < 4.78 is 12.8. The normalized spacial score (nSPS) is 22.0. The number of rotatable bonds is 0. The van der Waals surface area contributed by atoms with Gasteiger partial charge in [-0.25, -0.2) is 4.39 Å². The van der Waals surface area contributed by atoms with Gasteiger partial charge < -0.3 is 5.73 Å². The lowest BCUT2D eigenvalue weighted by Crippen LogP contribution is -2.28. The van der Waals surface area contributed by atoms with Crippen LogP contribution in [0.2, 0.25) is 0 Å². The lowest BCUT2D eigenvalue weighted by molar-refractivity contribution is 0.619. The van der Waals surface area contributed by atoms with E-state index in [1.807, 2.05) is 6.07 Å². The van der Waals surface area contributed by atoms with Crippen LogP contribution < -0.4 is 5.73 Å². The molecule has 0 aromatic heterocycles. The van der Waals surface area contributed by atoms with E-state index in [1.165, 1.54) is 11.0 Å². The molecule has 1 aromatic carbocycles. The van der Waals surface area contributed by atoms with E-state index in [9.17, 15) is 4.39 Å². The molecule has 12 heavy (non-hydrogen) atoms. The fraction of sp³-hybridized carbons (Fsp3) is 0.333. The second-order valence-corrected chi connectivity index (χ2v) is 4.09. The zero-order valence-corrected chi connectivity index (χ0v) is 7.40. The minimum absolute atomic E-state index is 0.163. The van der Waals surface area contributed by atoms with Crippen LogP contribution in [0.3, 0.4) is 0 Å². The van der Waals surface area contributed by atoms with Gasteiger partial charge in [0.1, 0.15) is 5.82 Å². The molecule has 64 valence electrons. The number of halogens is 1. The van der Waals surface area contributed by atoms with Crippen molar-refractivity contribution in [3.63, 3.8) is 0 Å². The summed E-state index contributed by atoms with van der Waals surface area (Å²) in [5.74, 6) is 0.780. The molecule has 0 saturated heterocycles. The largest absolute Gasteiger partial charge is 0.327 e. The molecule has 1 heterocycles. The van der Waals surface area contributed by atoms with Gasteiger partial charge >= 0.3 is 0 Å².